The van der Waals surface area contributed by atoms with Crippen LogP contribution in [0, 0.1) is 0 Å². The number of unbranched alkanes of at least 4 members (excludes halogenated alkanes) is 5. The summed E-state index contributed by atoms with van der Waals surface area (Å²) in [4.78, 5) is 0. The van der Waals surface area contributed by atoms with Gasteiger partial charge in [-0.05, 0) is 37.0 Å². The molecule has 0 saturated heterocycles. The van der Waals surface area contributed by atoms with Gasteiger partial charge < -0.3 is 9.84 Å². The Labute approximate surface area is 111 Å². The summed E-state index contributed by atoms with van der Waals surface area (Å²) in [5.74, 6) is 0.979. The molecule has 0 fully saturated rings. The van der Waals surface area contributed by atoms with E-state index in [0.717, 1.165) is 38.0 Å². The molecule has 0 saturated carbocycles. The highest BCUT2D eigenvalue weighted by Gasteiger charge is 1.95. The van der Waals surface area contributed by atoms with Crippen LogP contribution in [0.5, 0.6) is 5.75 Å². The predicted octanol–water partition coefficient (Wildman–Crippen LogP) is 3.96. The SMILES string of the molecule is CCc1ccc(OCCCCCCCCO)cc1. The highest BCUT2D eigenvalue weighted by molar-refractivity contribution is 5.27. The van der Waals surface area contributed by atoms with Crippen LogP contribution in [0.1, 0.15) is 51.0 Å². The third kappa shape index (κ3) is 6.65. The Morgan fingerprint density at radius 3 is 2.11 bits per heavy atom. The fourth-order valence-corrected chi connectivity index (χ4v) is 1.93. The van der Waals surface area contributed by atoms with Crippen LogP contribution in [-0.4, -0.2) is 18.3 Å². The summed E-state index contributed by atoms with van der Waals surface area (Å²) >= 11 is 0. The largest absolute Gasteiger partial charge is 0.494 e. The van der Waals surface area contributed by atoms with E-state index in [2.05, 4.69) is 31.2 Å². The second-order valence-electron chi connectivity index (χ2n) is 4.69. The van der Waals surface area contributed by atoms with Gasteiger partial charge in [0.2, 0.25) is 0 Å². The zero-order chi connectivity index (χ0) is 13.1. The van der Waals surface area contributed by atoms with Gasteiger partial charge >= 0.3 is 0 Å². The molecule has 0 aromatic heterocycles. The van der Waals surface area contributed by atoms with Crippen LogP contribution >= 0.6 is 0 Å². The van der Waals surface area contributed by atoms with Crippen LogP contribution in [0.3, 0.4) is 0 Å². The lowest BCUT2D eigenvalue weighted by Crippen LogP contribution is -1.97. The lowest BCUT2D eigenvalue weighted by Gasteiger charge is -2.06. The van der Waals surface area contributed by atoms with E-state index < -0.39 is 0 Å². The van der Waals surface area contributed by atoms with E-state index in [9.17, 15) is 0 Å². The van der Waals surface area contributed by atoms with Crippen LogP contribution < -0.4 is 4.74 Å². The molecule has 0 amide bonds. The van der Waals surface area contributed by atoms with Crippen LogP contribution in [0.2, 0.25) is 0 Å². The van der Waals surface area contributed by atoms with Crippen LogP contribution in [0.15, 0.2) is 24.3 Å². The molecular formula is C16H26O2. The van der Waals surface area contributed by atoms with Crippen molar-refractivity contribution in [2.24, 2.45) is 0 Å². The Hall–Kier alpha value is -1.02. The minimum atomic E-state index is 0.330. The first kappa shape index (κ1) is 15.0. The van der Waals surface area contributed by atoms with Crippen molar-refractivity contribution in [1.82, 2.24) is 0 Å². The molecule has 0 heterocycles. The number of rotatable bonds is 10. The number of benzene rings is 1. The predicted molar refractivity (Wildman–Crippen MR) is 76.1 cm³/mol. The molecule has 0 aliphatic rings. The lowest BCUT2D eigenvalue weighted by atomic mass is 10.1. The zero-order valence-electron chi connectivity index (χ0n) is 11.5. The van der Waals surface area contributed by atoms with Gasteiger partial charge in [-0.25, -0.2) is 0 Å². The van der Waals surface area contributed by atoms with Gasteiger partial charge in [0, 0.05) is 6.61 Å². The van der Waals surface area contributed by atoms with E-state index in [1.807, 2.05) is 0 Å². The van der Waals surface area contributed by atoms with Crippen LogP contribution in [0.25, 0.3) is 0 Å². The maximum atomic E-state index is 8.65. The average molecular weight is 250 g/mol. The molecule has 2 nitrogen and oxygen atoms in total. The summed E-state index contributed by atoms with van der Waals surface area (Å²) in [6.45, 7) is 3.30. The normalized spacial score (nSPS) is 10.6. The Bertz CT molecular complexity index is 292. The zero-order valence-corrected chi connectivity index (χ0v) is 11.5. The molecule has 2 heteroatoms. The molecular weight excluding hydrogens is 224 g/mol. The summed E-state index contributed by atoms with van der Waals surface area (Å²) < 4.78 is 5.69. The van der Waals surface area contributed by atoms with Gasteiger partial charge in [-0.1, -0.05) is 44.7 Å². The minimum absolute atomic E-state index is 0.330. The first-order valence-electron chi connectivity index (χ1n) is 7.19. The Morgan fingerprint density at radius 1 is 0.889 bits per heavy atom. The topological polar surface area (TPSA) is 29.5 Å². The van der Waals surface area contributed by atoms with Gasteiger partial charge in [-0.2, -0.15) is 0 Å². The number of aliphatic hydroxyl groups is 1. The third-order valence-corrected chi connectivity index (χ3v) is 3.15. The standard InChI is InChI=1S/C16H26O2/c1-2-15-9-11-16(12-10-15)18-14-8-6-4-3-5-7-13-17/h9-12,17H,2-8,13-14H2,1H3. The summed E-state index contributed by atoms with van der Waals surface area (Å²) in [5.41, 5.74) is 1.35. The van der Waals surface area contributed by atoms with E-state index >= 15 is 0 Å². The second kappa shape index (κ2) is 9.95. The lowest BCUT2D eigenvalue weighted by molar-refractivity contribution is 0.280. The maximum absolute atomic E-state index is 8.65. The van der Waals surface area contributed by atoms with Crippen molar-refractivity contribution in [3.05, 3.63) is 29.8 Å². The van der Waals surface area contributed by atoms with Crippen LogP contribution in [-0.2, 0) is 6.42 Å². The number of ether oxygens (including phenoxy) is 1. The molecule has 0 aliphatic carbocycles. The summed E-state index contributed by atoms with van der Waals surface area (Å²) in [5, 5.41) is 8.65. The van der Waals surface area contributed by atoms with Gasteiger partial charge in [-0.3, -0.25) is 0 Å². The van der Waals surface area contributed by atoms with Gasteiger partial charge in [0.15, 0.2) is 0 Å². The number of hydrogen-bond donors (Lipinski definition) is 1. The number of hydrogen-bond acceptors (Lipinski definition) is 2. The van der Waals surface area contributed by atoms with Crippen LogP contribution in [0.4, 0.5) is 0 Å². The van der Waals surface area contributed by atoms with E-state index in [4.69, 9.17) is 9.84 Å². The van der Waals surface area contributed by atoms with Crippen molar-refractivity contribution in [2.75, 3.05) is 13.2 Å². The minimum Gasteiger partial charge on any atom is -0.494 e. The Balaban J connectivity index is 2.00. The summed E-state index contributed by atoms with van der Waals surface area (Å²) in [7, 11) is 0. The van der Waals surface area contributed by atoms with Crippen molar-refractivity contribution in [2.45, 2.75) is 51.9 Å². The quantitative estimate of drug-likeness (QED) is 0.637. The molecule has 1 N–H and O–H groups in total. The third-order valence-electron chi connectivity index (χ3n) is 3.15. The molecule has 1 aromatic carbocycles. The van der Waals surface area contributed by atoms with Gasteiger partial charge in [0.1, 0.15) is 5.75 Å². The molecule has 0 bridgehead atoms. The van der Waals surface area contributed by atoms with Crippen molar-refractivity contribution < 1.29 is 9.84 Å². The second-order valence-corrected chi connectivity index (χ2v) is 4.69. The maximum Gasteiger partial charge on any atom is 0.119 e. The van der Waals surface area contributed by atoms with E-state index in [0.29, 0.717) is 6.61 Å². The summed E-state index contributed by atoms with van der Waals surface area (Å²) in [6, 6.07) is 8.37. The molecule has 1 rings (SSSR count). The molecule has 102 valence electrons. The Morgan fingerprint density at radius 2 is 1.50 bits per heavy atom. The average Bonchev–Trinajstić information content (AvgIpc) is 2.42. The van der Waals surface area contributed by atoms with Crippen molar-refractivity contribution in [3.63, 3.8) is 0 Å². The molecule has 0 atom stereocenters. The highest BCUT2D eigenvalue weighted by Crippen LogP contribution is 2.13. The molecule has 0 radical (unpaired) electrons. The molecule has 18 heavy (non-hydrogen) atoms. The van der Waals surface area contributed by atoms with Gasteiger partial charge in [0.25, 0.3) is 0 Å². The summed E-state index contributed by atoms with van der Waals surface area (Å²) in [6.07, 6.45) is 7.99. The van der Waals surface area contributed by atoms with Crippen molar-refractivity contribution >= 4 is 0 Å². The fraction of sp³-hybridized carbons (Fsp3) is 0.625. The monoisotopic (exact) mass is 250 g/mol. The number of aliphatic hydroxyl groups excluding tert-OH is 1. The smallest absolute Gasteiger partial charge is 0.119 e. The van der Waals surface area contributed by atoms with E-state index in [1.54, 1.807) is 0 Å². The van der Waals surface area contributed by atoms with Crippen molar-refractivity contribution in [3.8, 4) is 5.75 Å². The molecule has 1 aromatic rings. The first-order valence-corrected chi connectivity index (χ1v) is 7.19. The van der Waals surface area contributed by atoms with Gasteiger partial charge in [-0.15, -0.1) is 0 Å². The number of aryl methyl sites for hydroxylation is 1. The van der Waals surface area contributed by atoms with E-state index in [1.165, 1.54) is 24.8 Å². The van der Waals surface area contributed by atoms with Gasteiger partial charge in [0.05, 0.1) is 6.61 Å². The first-order chi connectivity index (χ1) is 8.86. The fourth-order valence-electron chi connectivity index (χ4n) is 1.93. The molecule has 0 spiro atoms. The Kier molecular flexibility index (Phi) is 8.32. The molecule has 0 aliphatic heterocycles. The molecule has 0 unspecified atom stereocenters. The van der Waals surface area contributed by atoms with Crippen molar-refractivity contribution in [1.29, 1.82) is 0 Å². The van der Waals surface area contributed by atoms with E-state index in [-0.39, 0.29) is 0 Å². The highest BCUT2D eigenvalue weighted by atomic mass is 16.5.